The van der Waals surface area contributed by atoms with E-state index in [2.05, 4.69) is 31.0 Å². The minimum absolute atomic E-state index is 0.0378. The van der Waals surface area contributed by atoms with E-state index in [1.807, 2.05) is 0 Å². The Hall–Kier alpha value is -3.71. The molecule has 2 fully saturated rings. The van der Waals surface area contributed by atoms with Crippen LogP contribution in [-0.4, -0.2) is 61.0 Å². The van der Waals surface area contributed by atoms with Crippen molar-refractivity contribution in [3.05, 3.63) is 41.1 Å². The Bertz CT molecular complexity index is 1200. The number of fused-ring (bicyclic) bond motifs is 1. The van der Waals surface area contributed by atoms with Crippen LogP contribution in [0, 0.1) is 5.92 Å². The molecule has 2 aliphatic rings. The molecule has 1 unspecified atom stereocenters. The van der Waals surface area contributed by atoms with E-state index in [1.165, 1.54) is 10.7 Å². The highest BCUT2D eigenvalue weighted by Gasteiger charge is 2.43. The van der Waals surface area contributed by atoms with Gasteiger partial charge in [-0.3, -0.25) is 4.79 Å². The zero-order valence-electron chi connectivity index (χ0n) is 17.2. The molecule has 3 amide bonds. The van der Waals surface area contributed by atoms with Crippen LogP contribution in [0.2, 0.25) is 0 Å². The Morgan fingerprint density at radius 3 is 2.88 bits per heavy atom. The molecule has 0 aromatic carbocycles. The SMILES string of the molecule is O=C(NCc1cn2ncc(CN3CC(C(F)(F)F)CNC3=O)cc2n1)c1nonc1C1CC1. The third-order valence-electron chi connectivity index (χ3n) is 5.61. The van der Waals surface area contributed by atoms with Crippen molar-refractivity contribution < 1.29 is 27.4 Å². The van der Waals surface area contributed by atoms with Gasteiger partial charge >= 0.3 is 12.2 Å². The van der Waals surface area contributed by atoms with Crippen LogP contribution in [0.15, 0.2) is 23.1 Å². The van der Waals surface area contributed by atoms with Gasteiger partial charge in [-0.15, -0.1) is 0 Å². The molecular weight excluding hydrogens is 445 g/mol. The summed E-state index contributed by atoms with van der Waals surface area (Å²) in [6.45, 7) is -0.787. The van der Waals surface area contributed by atoms with Crippen molar-refractivity contribution in [3.63, 3.8) is 0 Å². The van der Waals surface area contributed by atoms with E-state index in [0.29, 0.717) is 22.6 Å². The van der Waals surface area contributed by atoms with Crippen LogP contribution >= 0.6 is 0 Å². The number of carbonyl (C=O) groups excluding carboxylic acids is 2. The Balaban J connectivity index is 1.24. The van der Waals surface area contributed by atoms with Crippen molar-refractivity contribution >= 4 is 17.6 Å². The molecule has 1 aliphatic heterocycles. The monoisotopic (exact) mass is 464 g/mol. The van der Waals surface area contributed by atoms with Crippen LogP contribution in [0.25, 0.3) is 5.65 Å². The maximum atomic E-state index is 13.0. The van der Waals surface area contributed by atoms with Crippen LogP contribution in [0.5, 0.6) is 0 Å². The average molecular weight is 464 g/mol. The molecule has 1 atom stereocenters. The number of aromatic nitrogens is 5. The van der Waals surface area contributed by atoms with Crippen molar-refractivity contribution in [1.29, 1.82) is 0 Å². The highest BCUT2D eigenvalue weighted by atomic mass is 19.4. The van der Waals surface area contributed by atoms with Crippen molar-refractivity contribution in [2.24, 2.45) is 5.92 Å². The van der Waals surface area contributed by atoms with E-state index in [0.717, 1.165) is 17.7 Å². The number of rotatable bonds is 6. The molecule has 3 aromatic heterocycles. The molecule has 5 rings (SSSR count). The van der Waals surface area contributed by atoms with Gasteiger partial charge in [-0.25, -0.2) is 18.9 Å². The molecular formula is C19H19F3N8O3. The third kappa shape index (κ3) is 4.45. The number of hydrogen-bond acceptors (Lipinski definition) is 7. The summed E-state index contributed by atoms with van der Waals surface area (Å²) >= 11 is 0. The van der Waals surface area contributed by atoms with Gasteiger partial charge in [0.1, 0.15) is 5.69 Å². The molecule has 4 heterocycles. The molecule has 1 saturated carbocycles. The highest BCUT2D eigenvalue weighted by Crippen LogP contribution is 2.40. The van der Waals surface area contributed by atoms with Crippen molar-refractivity contribution in [3.8, 4) is 0 Å². The predicted octanol–water partition coefficient (Wildman–Crippen LogP) is 1.62. The topological polar surface area (TPSA) is 131 Å². The fraction of sp³-hybridized carbons (Fsp3) is 0.474. The normalized spacial score (nSPS) is 19.1. The summed E-state index contributed by atoms with van der Waals surface area (Å²) in [7, 11) is 0. The standard InChI is InChI=1S/C19H19F3N8O3/c20-19(21,22)12-5-24-18(32)29(8-12)7-10-3-14-26-13(9-30(14)25-4-10)6-23-17(31)16-15(11-1-2-11)27-33-28-16/h3-4,9,11-12H,1-2,5-8H2,(H,23,31)(H,24,32). The first kappa shape index (κ1) is 21.2. The van der Waals surface area contributed by atoms with Crippen LogP contribution in [0.3, 0.4) is 0 Å². The van der Waals surface area contributed by atoms with Crippen LogP contribution in [0.4, 0.5) is 18.0 Å². The van der Waals surface area contributed by atoms with Crippen molar-refractivity contribution in [1.82, 2.24) is 40.4 Å². The van der Waals surface area contributed by atoms with E-state index in [-0.39, 0.29) is 24.7 Å². The second-order valence-electron chi connectivity index (χ2n) is 8.16. The average Bonchev–Trinajstić information content (AvgIpc) is 3.34. The van der Waals surface area contributed by atoms with E-state index >= 15 is 0 Å². The maximum Gasteiger partial charge on any atom is 0.395 e. The molecule has 33 heavy (non-hydrogen) atoms. The summed E-state index contributed by atoms with van der Waals surface area (Å²) < 4.78 is 45.3. The molecule has 14 heteroatoms. The van der Waals surface area contributed by atoms with Crippen LogP contribution in [0.1, 0.15) is 46.2 Å². The molecule has 174 valence electrons. The van der Waals surface area contributed by atoms with Crippen molar-refractivity contribution in [2.75, 3.05) is 13.1 Å². The third-order valence-corrected chi connectivity index (χ3v) is 5.61. The van der Waals surface area contributed by atoms with Crippen molar-refractivity contribution in [2.45, 2.75) is 38.0 Å². The largest absolute Gasteiger partial charge is 0.395 e. The minimum Gasteiger partial charge on any atom is -0.345 e. The molecule has 0 spiro atoms. The molecule has 0 radical (unpaired) electrons. The van der Waals surface area contributed by atoms with Gasteiger partial charge < -0.3 is 15.5 Å². The van der Waals surface area contributed by atoms with Gasteiger partial charge in [-0.05, 0) is 29.6 Å². The lowest BCUT2D eigenvalue weighted by Gasteiger charge is -2.34. The molecule has 2 N–H and O–H groups in total. The van der Waals surface area contributed by atoms with Gasteiger partial charge in [-0.2, -0.15) is 18.3 Å². The number of nitrogens with zero attached hydrogens (tertiary/aromatic N) is 6. The number of imidazole rings is 1. The maximum absolute atomic E-state index is 13.0. The highest BCUT2D eigenvalue weighted by molar-refractivity contribution is 5.93. The van der Waals surface area contributed by atoms with Gasteiger partial charge in [0.15, 0.2) is 11.3 Å². The fourth-order valence-corrected chi connectivity index (χ4v) is 3.68. The number of carbonyl (C=O) groups is 2. The number of halogens is 3. The zero-order chi connectivity index (χ0) is 23.2. The molecule has 3 aromatic rings. The second kappa shape index (κ2) is 8.01. The summed E-state index contributed by atoms with van der Waals surface area (Å²) in [5, 5.41) is 16.7. The van der Waals surface area contributed by atoms with Gasteiger partial charge in [-0.1, -0.05) is 5.16 Å². The van der Waals surface area contributed by atoms with Gasteiger partial charge in [0, 0.05) is 25.6 Å². The summed E-state index contributed by atoms with van der Waals surface area (Å²) in [5.74, 6) is -1.84. The van der Waals surface area contributed by atoms with E-state index in [1.54, 1.807) is 12.3 Å². The summed E-state index contributed by atoms with van der Waals surface area (Å²) in [6.07, 6.45) is 0.591. The Kier molecular flexibility index (Phi) is 5.13. The fourth-order valence-electron chi connectivity index (χ4n) is 3.68. The number of nitrogens with one attached hydrogen (secondary N) is 2. The van der Waals surface area contributed by atoms with Crippen LogP contribution in [-0.2, 0) is 13.1 Å². The predicted molar refractivity (Wildman–Crippen MR) is 104 cm³/mol. The lowest BCUT2D eigenvalue weighted by atomic mass is 10.1. The first-order chi connectivity index (χ1) is 15.8. The molecule has 1 saturated heterocycles. The lowest BCUT2D eigenvalue weighted by molar-refractivity contribution is -0.178. The van der Waals surface area contributed by atoms with Gasteiger partial charge in [0.25, 0.3) is 5.91 Å². The van der Waals surface area contributed by atoms with E-state index in [4.69, 9.17) is 4.63 Å². The number of urea groups is 1. The molecule has 1 aliphatic carbocycles. The first-order valence-corrected chi connectivity index (χ1v) is 10.3. The summed E-state index contributed by atoms with van der Waals surface area (Å²) in [6, 6.07) is 1.07. The smallest absolute Gasteiger partial charge is 0.345 e. The zero-order valence-corrected chi connectivity index (χ0v) is 17.2. The number of amides is 3. The quantitative estimate of drug-likeness (QED) is 0.567. The number of hydrogen-bond donors (Lipinski definition) is 2. The van der Waals surface area contributed by atoms with E-state index in [9.17, 15) is 22.8 Å². The van der Waals surface area contributed by atoms with Gasteiger partial charge in [0.2, 0.25) is 0 Å². The summed E-state index contributed by atoms with van der Waals surface area (Å²) in [5.41, 5.74) is 2.21. The van der Waals surface area contributed by atoms with E-state index < -0.39 is 37.1 Å². The Morgan fingerprint density at radius 1 is 1.30 bits per heavy atom. The summed E-state index contributed by atoms with van der Waals surface area (Å²) in [4.78, 5) is 29.9. The molecule has 11 nitrogen and oxygen atoms in total. The minimum atomic E-state index is -4.39. The first-order valence-electron chi connectivity index (χ1n) is 10.3. The number of alkyl halides is 3. The van der Waals surface area contributed by atoms with Crippen LogP contribution < -0.4 is 10.6 Å². The molecule has 0 bridgehead atoms. The lowest BCUT2D eigenvalue weighted by Crippen LogP contribution is -2.54. The Morgan fingerprint density at radius 2 is 2.12 bits per heavy atom. The van der Waals surface area contributed by atoms with Gasteiger partial charge in [0.05, 0.1) is 30.6 Å². The Labute approximate surface area is 184 Å². The second-order valence-corrected chi connectivity index (χ2v) is 8.16.